The number of anilines is 1. The van der Waals surface area contributed by atoms with E-state index in [4.69, 9.17) is 11.6 Å². The van der Waals surface area contributed by atoms with Gasteiger partial charge in [0.15, 0.2) is 0 Å². The number of nitrogens with one attached hydrogen (secondary N) is 2. The van der Waals surface area contributed by atoms with E-state index in [1.165, 1.54) is 24.2 Å². The van der Waals surface area contributed by atoms with Gasteiger partial charge in [-0.25, -0.2) is 0 Å². The maximum atomic E-state index is 12.3. The molecule has 4 nitrogen and oxygen atoms in total. The first-order chi connectivity index (χ1) is 12.0. The molecule has 2 N–H and O–H groups in total. The first-order valence-corrected chi connectivity index (χ1v) is 9.48. The Kier molecular flexibility index (Phi) is 5.43. The van der Waals surface area contributed by atoms with Crippen LogP contribution in [-0.2, 0) is 4.79 Å². The predicted octanol–water partition coefficient (Wildman–Crippen LogP) is 4.57. The van der Waals surface area contributed by atoms with Crippen molar-refractivity contribution in [3.05, 3.63) is 50.9 Å². The van der Waals surface area contributed by atoms with Crippen molar-refractivity contribution in [2.24, 2.45) is 5.92 Å². The molecule has 130 valence electrons. The van der Waals surface area contributed by atoms with Crippen molar-refractivity contribution in [1.82, 2.24) is 5.32 Å². The van der Waals surface area contributed by atoms with Crippen LogP contribution in [0.5, 0.6) is 0 Å². The highest BCUT2D eigenvalue weighted by atomic mass is 35.5. The van der Waals surface area contributed by atoms with Gasteiger partial charge in [0.1, 0.15) is 11.1 Å². The molecule has 0 aliphatic heterocycles. The second kappa shape index (κ2) is 7.57. The van der Waals surface area contributed by atoms with Crippen molar-refractivity contribution in [3.8, 4) is 6.07 Å². The van der Waals surface area contributed by atoms with Crippen LogP contribution >= 0.6 is 22.9 Å². The lowest BCUT2D eigenvalue weighted by Crippen LogP contribution is -2.32. The molecule has 1 heterocycles. The van der Waals surface area contributed by atoms with E-state index in [1.807, 2.05) is 38.1 Å². The van der Waals surface area contributed by atoms with Gasteiger partial charge in [-0.3, -0.25) is 4.79 Å². The summed E-state index contributed by atoms with van der Waals surface area (Å²) in [6, 6.07) is 10.1. The number of benzene rings is 1. The number of aryl methyl sites for hydroxylation is 1. The van der Waals surface area contributed by atoms with Gasteiger partial charge in [0, 0.05) is 15.9 Å². The van der Waals surface area contributed by atoms with Gasteiger partial charge in [0.2, 0.25) is 5.91 Å². The summed E-state index contributed by atoms with van der Waals surface area (Å²) in [7, 11) is 0. The predicted molar refractivity (Wildman–Crippen MR) is 102 cm³/mol. The van der Waals surface area contributed by atoms with Crippen LogP contribution in [0.1, 0.15) is 40.5 Å². The second-order valence-corrected chi connectivity index (χ2v) is 8.06. The van der Waals surface area contributed by atoms with Gasteiger partial charge in [-0.05, 0) is 55.9 Å². The first kappa shape index (κ1) is 17.9. The third kappa shape index (κ3) is 4.21. The van der Waals surface area contributed by atoms with E-state index < -0.39 is 0 Å². The average molecular weight is 374 g/mol. The number of carbonyl (C=O) groups is 1. The quantitative estimate of drug-likeness (QED) is 0.779. The molecule has 3 rings (SSSR count). The Hall–Kier alpha value is -1.87. The summed E-state index contributed by atoms with van der Waals surface area (Å²) in [5, 5.41) is 16.9. The lowest BCUT2D eigenvalue weighted by atomic mass is 10.0. The van der Waals surface area contributed by atoms with Crippen LogP contribution in [0.25, 0.3) is 0 Å². The number of halogens is 1. The van der Waals surface area contributed by atoms with Crippen molar-refractivity contribution >= 4 is 33.8 Å². The molecule has 25 heavy (non-hydrogen) atoms. The molecule has 2 aromatic rings. The number of nitriles is 1. The molecular weight excluding hydrogens is 354 g/mol. The summed E-state index contributed by atoms with van der Waals surface area (Å²) in [6.45, 7) is 4.07. The Morgan fingerprint density at radius 3 is 2.64 bits per heavy atom. The molecule has 0 spiro atoms. The summed E-state index contributed by atoms with van der Waals surface area (Å²) >= 11 is 7.41. The van der Waals surface area contributed by atoms with Gasteiger partial charge in [0.05, 0.1) is 12.1 Å². The standard InChI is InChI=1S/C19H20ClN3OS/c1-11-12(2)25-19(16(11)9-21)23-17(24)10-22-18(13-3-4-13)14-5-7-15(20)8-6-14/h5-8,13,18,22H,3-4,10H2,1-2H3,(H,23,24). The molecule has 1 aliphatic carbocycles. The Bertz CT molecular complexity index is 818. The van der Waals surface area contributed by atoms with E-state index >= 15 is 0 Å². The maximum Gasteiger partial charge on any atom is 0.238 e. The minimum atomic E-state index is -0.127. The molecule has 6 heteroatoms. The minimum absolute atomic E-state index is 0.127. The number of hydrogen-bond acceptors (Lipinski definition) is 4. The van der Waals surface area contributed by atoms with Gasteiger partial charge in [-0.1, -0.05) is 23.7 Å². The lowest BCUT2D eigenvalue weighted by Gasteiger charge is -2.18. The zero-order chi connectivity index (χ0) is 18.0. The van der Waals surface area contributed by atoms with Crippen molar-refractivity contribution in [3.63, 3.8) is 0 Å². The molecule has 1 saturated carbocycles. The fourth-order valence-electron chi connectivity index (χ4n) is 2.88. The van der Waals surface area contributed by atoms with Crippen LogP contribution in [0, 0.1) is 31.1 Å². The smallest absolute Gasteiger partial charge is 0.238 e. The van der Waals surface area contributed by atoms with Crippen LogP contribution < -0.4 is 10.6 Å². The Morgan fingerprint density at radius 1 is 1.36 bits per heavy atom. The monoisotopic (exact) mass is 373 g/mol. The number of amides is 1. The van der Waals surface area contributed by atoms with Crippen molar-refractivity contribution < 1.29 is 4.79 Å². The summed E-state index contributed by atoms with van der Waals surface area (Å²) in [4.78, 5) is 13.4. The molecule has 1 aliphatic rings. The molecular formula is C19H20ClN3OS. The highest BCUT2D eigenvalue weighted by Gasteiger charge is 2.32. The number of carbonyl (C=O) groups excluding carboxylic acids is 1. The molecule has 0 bridgehead atoms. The van der Waals surface area contributed by atoms with Gasteiger partial charge in [-0.2, -0.15) is 5.26 Å². The van der Waals surface area contributed by atoms with Crippen molar-refractivity contribution in [1.29, 1.82) is 5.26 Å². The molecule has 1 amide bonds. The zero-order valence-electron chi connectivity index (χ0n) is 14.2. The van der Waals surface area contributed by atoms with E-state index in [0.29, 0.717) is 21.5 Å². The van der Waals surface area contributed by atoms with Gasteiger partial charge in [-0.15, -0.1) is 11.3 Å². The Morgan fingerprint density at radius 2 is 2.04 bits per heavy atom. The summed E-state index contributed by atoms with van der Waals surface area (Å²) < 4.78 is 0. The molecule has 0 radical (unpaired) electrons. The van der Waals surface area contributed by atoms with Crippen LogP contribution in [0.4, 0.5) is 5.00 Å². The first-order valence-electron chi connectivity index (χ1n) is 8.28. The van der Waals surface area contributed by atoms with Gasteiger partial charge in [0.25, 0.3) is 0 Å². The van der Waals surface area contributed by atoms with Gasteiger partial charge >= 0.3 is 0 Å². The lowest BCUT2D eigenvalue weighted by molar-refractivity contribution is -0.115. The molecule has 1 atom stereocenters. The van der Waals surface area contributed by atoms with E-state index in [2.05, 4.69) is 16.7 Å². The van der Waals surface area contributed by atoms with Crippen LogP contribution in [-0.4, -0.2) is 12.5 Å². The number of nitrogens with zero attached hydrogens (tertiary/aromatic N) is 1. The molecule has 1 aromatic heterocycles. The van der Waals surface area contributed by atoms with Gasteiger partial charge < -0.3 is 10.6 Å². The minimum Gasteiger partial charge on any atom is -0.315 e. The topological polar surface area (TPSA) is 64.9 Å². The summed E-state index contributed by atoms with van der Waals surface area (Å²) in [6.07, 6.45) is 2.34. The third-order valence-electron chi connectivity index (χ3n) is 4.56. The van der Waals surface area contributed by atoms with Crippen LogP contribution in [0.3, 0.4) is 0 Å². The van der Waals surface area contributed by atoms with E-state index in [0.717, 1.165) is 16.0 Å². The average Bonchev–Trinajstić information content (AvgIpc) is 3.37. The van der Waals surface area contributed by atoms with E-state index in [1.54, 1.807) is 0 Å². The molecule has 1 aromatic carbocycles. The Labute approximate surface area is 156 Å². The molecule has 1 fully saturated rings. The summed E-state index contributed by atoms with van der Waals surface area (Å²) in [5.41, 5.74) is 2.65. The summed E-state index contributed by atoms with van der Waals surface area (Å²) in [5.74, 6) is 0.437. The maximum absolute atomic E-state index is 12.3. The number of hydrogen-bond donors (Lipinski definition) is 2. The number of thiophene rings is 1. The fourth-order valence-corrected chi connectivity index (χ4v) is 4.03. The van der Waals surface area contributed by atoms with Crippen molar-refractivity contribution in [2.75, 3.05) is 11.9 Å². The normalized spacial score (nSPS) is 14.8. The van der Waals surface area contributed by atoms with E-state index in [-0.39, 0.29) is 18.5 Å². The van der Waals surface area contributed by atoms with E-state index in [9.17, 15) is 10.1 Å². The highest BCUT2D eigenvalue weighted by Crippen LogP contribution is 2.41. The largest absolute Gasteiger partial charge is 0.315 e. The zero-order valence-corrected chi connectivity index (χ0v) is 15.8. The SMILES string of the molecule is Cc1sc(NC(=O)CNC(c2ccc(Cl)cc2)C2CC2)c(C#N)c1C. The third-order valence-corrected chi connectivity index (χ3v) is 5.93. The van der Waals surface area contributed by atoms with Crippen molar-refractivity contribution in [2.45, 2.75) is 32.7 Å². The van der Waals surface area contributed by atoms with Crippen LogP contribution in [0.2, 0.25) is 5.02 Å². The Balaban J connectivity index is 1.64. The second-order valence-electron chi connectivity index (χ2n) is 6.39. The molecule has 0 saturated heterocycles. The van der Waals surface area contributed by atoms with Crippen LogP contribution in [0.15, 0.2) is 24.3 Å². The highest BCUT2D eigenvalue weighted by molar-refractivity contribution is 7.16. The number of rotatable bonds is 6. The fraction of sp³-hybridized carbons (Fsp3) is 0.368. The molecule has 1 unspecified atom stereocenters.